The molecule has 6 nitrogen and oxygen atoms in total. The molecule has 0 aliphatic rings. The van der Waals surface area contributed by atoms with Gasteiger partial charge >= 0.3 is 59.8 Å². The van der Waals surface area contributed by atoms with Crippen LogP contribution in [0.2, 0.25) is 0 Å². The maximum Gasteiger partial charge on any atom is 0.460 e. The summed E-state index contributed by atoms with van der Waals surface area (Å²) in [4.78, 5) is 23.2. The van der Waals surface area contributed by atoms with Crippen LogP contribution in [0, 0.1) is 0 Å². The highest BCUT2D eigenvalue weighted by molar-refractivity contribution is 7.60. The van der Waals surface area contributed by atoms with Gasteiger partial charge in [-0.05, 0) is 0 Å². The van der Waals surface area contributed by atoms with E-state index in [1.54, 1.807) is 0 Å². The van der Waals surface area contributed by atoms with Crippen molar-refractivity contribution in [2.75, 3.05) is 13.2 Å². The van der Waals surface area contributed by atoms with Crippen molar-refractivity contribution >= 4 is 23.9 Å². The van der Waals surface area contributed by atoms with E-state index >= 15 is 0 Å². The topological polar surface area (TPSA) is 78.9 Å². The third-order valence-corrected chi connectivity index (χ3v) is 4.88. The molecule has 244 valence electrons. The molecule has 0 N–H and O–H groups in total. The summed E-state index contributed by atoms with van der Waals surface area (Å²) in [6, 6.07) is 0. The zero-order valence-electron chi connectivity index (χ0n) is 18.8. The highest BCUT2D eigenvalue weighted by Crippen LogP contribution is 2.55. The maximum atomic E-state index is 13.4. The Balaban J connectivity index is 5.23. The van der Waals surface area contributed by atoms with Crippen LogP contribution < -0.4 is 0 Å². The monoisotopic (exact) mass is 674 g/mol. The zero-order valence-corrected chi connectivity index (χ0v) is 19.7. The van der Waals surface area contributed by atoms with Crippen molar-refractivity contribution in [3.63, 3.8) is 0 Å². The average Bonchev–Trinajstić information content (AvgIpc) is 2.76. The lowest BCUT2D eigenvalue weighted by Gasteiger charge is -2.33. The molecular formula is C16H12F18O6S. The summed E-state index contributed by atoms with van der Waals surface area (Å²) in [7, 11) is 0. The van der Waals surface area contributed by atoms with Gasteiger partial charge in [-0.1, -0.05) is 0 Å². The maximum absolute atomic E-state index is 13.4. The molecule has 0 fully saturated rings. The lowest BCUT2D eigenvalue weighted by molar-refractivity contribution is -0.397. The van der Waals surface area contributed by atoms with Crippen LogP contribution in [0.25, 0.3) is 0 Å². The van der Waals surface area contributed by atoms with Crippen LogP contribution in [0.4, 0.5) is 79.0 Å². The van der Waals surface area contributed by atoms with Crippen molar-refractivity contribution in [1.82, 2.24) is 0 Å². The van der Waals surface area contributed by atoms with Crippen molar-refractivity contribution < 1.29 is 106 Å². The van der Waals surface area contributed by atoms with Gasteiger partial charge in [-0.3, -0.25) is 8.98 Å². The Morgan fingerprint density at radius 1 is 0.561 bits per heavy atom. The molecule has 0 spiro atoms. The van der Waals surface area contributed by atoms with E-state index < -0.39 is 110 Å². The van der Waals surface area contributed by atoms with Gasteiger partial charge in [0.25, 0.3) is 0 Å². The van der Waals surface area contributed by atoms with Crippen LogP contribution >= 0.6 is 0 Å². The fourth-order valence-corrected chi connectivity index (χ4v) is 2.49. The molecule has 0 amide bonds. The van der Waals surface area contributed by atoms with E-state index in [-0.39, 0.29) is 0 Å². The number of carbonyl (C=O) groups excluding carboxylic acids is 2. The molecule has 0 saturated carbocycles. The van der Waals surface area contributed by atoms with Crippen molar-refractivity contribution in [1.29, 1.82) is 0 Å². The highest BCUT2D eigenvalue weighted by Gasteiger charge is 2.82. The summed E-state index contributed by atoms with van der Waals surface area (Å²) >= 11 is -1.59. The fourth-order valence-electron chi connectivity index (χ4n) is 2.22. The normalized spacial score (nSPS) is 15.5. The number of halogens is 18. The molecule has 0 aromatic heterocycles. The van der Waals surface area contributed by atoms with Crippen LogP contribution in [-0.4, -0.2) is 83.4 Å². The number of carbonyl (C=O) groups is 2. The predicted molar refractivity (Wildman–Crippen MR) is 92.0 cm³/mol. The van der Waals surface area contributed by atoms with Crippen LogP contribution in [0.5, 0.6) is 0 Å². The number of hydrogen-bond donors (Lipinski definition) is 1. The molecule has 41 heavy (non-hydrogen) atoms. The second-order valence-electron chi connectivity index (χ2n) is 7.46. The van der Waals surface area contributed by atoms with Gasteiger partial charge in [-0.2, -0.15) is 79.0 Å². The zero-order chi connectivity index (χ0) is 33.1. The Bertz CT molecular complexity index is 931. The molecule has 1 atom stereocenters. The number of esters is 2. The summed E-state index contributed by atoms with van der Waals surface area (Å²) in [5.41, 5.74) is 0. The molecule has 0 aromatic carbocycles. The van der Waals surface area contributed by atoms with Gasteiger partial charge in [-0.25, -0.2) is 9.00 Å². The molecule has 0 saturated heterocycles. The quantitative estimate of drug-likeness (QED) is 0.142. The minimum absolute atomic E-state index is 1.59. The molecule has 0 aliphatic carbocycles. The third-order valence-electron chi connectivity index (χ3n) is 4.54. The predicted octanol–water partition coefficient (Wildman–Crippen LogP) is 5.43. The number of thiol groups is 1. The van der Waals surface area contributed by atoms with E-state index in [9.17, 15) is 92.8 Å². The lowest BCUT2D eigenvalue weighted by Crippen LogP contribution is -2.61. The van der Waals surface area contributed by atoms with E-state index in [1.165, 1.54) is 0 Å². The van der Waals surface area contributed by atoms with Crippen LogP contribution in [0.3, 0.4) is 0 Å². The minimum atomic E-state index is -7.28. The van der Waals surface area contributed by atoms with Gasteiger partial charge in [0.15, 0.2) is 6.10 Å². The second kappa shape index (κ2) is 12.6. The van der Waals surface area contributed by atoms with Crippen molar-refractivity contribution in [2.45, 2.75) is 73.3 Å². The Hall–Kier alpha value is -2.21. The first-order valence-electron chi connectivity index (χ1n) is 9.65. The summed E-state index contributed by atoms with van der Waals surface area (Å²) in [6.45, 7) is -4.16. The summed E-state index contributed by atoms with van der Waals surface area (Å²) < 4.78 is 251. The standard InChI is InChI=1S/C16H12F18O6S/c17-9(18,11(21,22)13(25,26)15(29,30)31)1-3-38-7(35)5-6(40-41-37)8(36)39-4-2-10(19,20)12(23,24)14(27,28)16(32,33)34/h6,41H,1-5H2. The van der Waals surface area contributed by atoms with Gasteiger partial charge in [0, 0.05) is 0 Å². The van der Waals surface area contributed by atoms with Crippen LogP contribution in [0.1, 0.15) is 19.3 Å². The van der Waals surface area contributed by atoms with Gasteiger partial charge in [0.05, 0.1) is 32.5 Å². The SMILES string of the molecule is O=[SH]OC(CC(=O)OCCC(F)(F)C(F)(F)C(F)(F)C(F)(F)F)C(=O)OCCC(F)(F)C(F)(F)C(F)(F)C(F)(F)F. The molecule has 1 unspecified atom stereocenters. The first-order chi connectivity index (χ1) is 17.9. The highest BCUT2D eigenvalue weighted by atomic mass is 32.2. The summed E-state index contributed by atoms with van der Waals surface area (Å²) in [5.74, 6) is -45.4. The molecule has 0 heterocycles. The molecule has 0 aliphatic heterocycles. The molecule has 0 bridgehead atoms. The Labute approximate surface area is 217 Å². The average molecular weight is 674 g/mol. The Morgan fingerprint density at radius 3 is 1.22 bits per heavy atom. The lowest BCUT2D eigenvalue weighted by atomic mass is 10.0. The Morgan fingerprint density at radius 2 is 0.902 bits per heavy atom. The fraction of sp³-hybridized carbons (Fsp3) is 0.875. The van der Waals surface area contributed by atoms with Crippen molar-refractivity contribution in [3.8, 4) is 0 Å². The summed E-state index contributed by atoms with van der Waals surface area (Å²) in [5, 5.41) is 0. The Kier molecular flexibility index (Phi) is 11.9. The van der Waals surface area contributed by atoms with Crippen molar-refractivity contribution in [3.05, 3.63) is 0 Å². The molecule has 25 heteroatoms. The van der Waals surface area contributed by atoms with Crippen LogP contribution in [-0.2, 0) is 35.2 Å². The number of ether oxygens (including phenoxy) is 2. The smallest absolute Gasteiger partial charge is 0.460 e. The minimum Gasteiger partial charge on any atom is -0.465 e. The van der Waals surface area contributed by atoms with E-state index in [0.717, 1.165) is 0 Å². The number of rotatable bonds is 15. The van der Waals surface area contributed by atoms with Gasteiger partial charge in [0.2, 0.25) is 0 Å². The molecule has 0 rings (SSSR count). The van der Waals surface area contributed by atoms with Crippen molar-refractivity contribution in [2.24, 2.45) is 0 Å². The largest absolute Gasteiger partial charge is 0.465 e. The number of alkyl halides is 18. The second-order valence-corrected chi connectivity index (χ2v) is 7.82. The van der Waals surface area contributed by atoms with Gasteiger partial charge in [0.1, 0.15) is 11.9 Å². The first kappa shape index (κ1) is 38.8. The van der Waals surface area contributed by atoms with E-state index in [1.807, 2.05) is 0 Å². The van der Waals surface area contributed by atoms with Gasteiger partial charge in [-0.15, -0.1) is 0 Å². The van der Waals surface area contributed by atoms with Gasteiger partial charge < -0.3 is 9.47 Å². The summed E-state index contributed by atoms with van der Waals surface area (Å²) in [6.07, 6.45) is -24.1. The van der Waals surface area contributed by atoms with E-state index in [4.69, 9.17) is 0 Å². The third kappa shape index (κ3) is 8.21. The van der Waals surface area contributed by atoms with E-state index in [0.29, 0.717) is 0 Å². The molecule has 0 aromatic rings. The number of hydrogen-bond acceptors (Lipinski definition) is 6. The molecular weight excluding hydrogens is 662 g/mol. The van der Waals surface area contributed by atoms with Crippen LogP contribution in [0.15, 0.2) is 0 Å². The molecule has 0 radical (unpaired) electrons. The first-order valence-corrected chi connectivity index (χ1v) is 10.4. The van der Waals surface area contributed by atoms with E-state index in [2.05, 4.69) is 13.7 Å².